The Morgan fingerprint density at radius 3 is 2.81 bits per heavy atom. The molecule has 2 saturated carbocycles. The number of nitrogens with one attached hydrogen (secondary N) is 1. The summed E-state index contributed by atoms with van der Waals surface area (Å²) in [5, 5.41) is 3.20. The van der Waals surface area contributed by atoms with E-state index in [1.54, 1.807) is 0 Å². The van der Waals surface area contributed by atoms with E-state index in [1.165, 1.54) is 12.8 Å². The number of nitrogens with two attached hydrogens (primary N) is 1. The summed E-state index contributed by atoms with van der Waals surface area (Å²) in [5.41, 5.74) is 5.56. The second-order valence-corrected chi connectivity index (χ2v) is 7.50. The smallest absolute Gasteiger partial charge is 0.241 e. The van der Waals surface area contributed by atoms with Gasteiger partial charge in [0.05, 0.1) is 6.10 Å². The van der Waals surface area contributed by atoms with E-state index < -0.39 is 5.54 Å². The third kappa shape index (κ3) is 2.40. The molecule has 5 atom stereocenters. The van der Waals surface area contributed by atoms with Gasteiger partial charge in [-0.05, 0) is 31.6 Å². The Morgan fingerprint density at radius 2 is 2.14 bits per heavy atom. The van der Waals surface area contributed by atoms with Crippen molar-refractivity contribution in [3.8, 4) is 0 Å². The van der Waals surface area contributed by atoms with E-state index in [0.29, 0.717) is 12.0 Å². The van der Waals surface area contributed by atoms with E-state index in [4.69, 9.17) is 10.5 Å². The molecule has 1 heterocycles. The first-order chi connectivity index (χ1) is 9.42. The Labute approximate surface area is 134 Å². The molecule has 0 radical (unpaired) electrons. The predicted molar refractivity (Wildman–Crippen MR) is 85.4 cm³/mol. The van der Waals surface area contributed by atoms with Gasteiger partial charge in [-0.3, -0.25) is 4.79 Å². The van der Waals surface area contributed by atoms with Gasteiger partial charge in [0.15, 0.2) is 0 Å². The normalized spacial score (nSPS) is 43.0. The number of hydrogen-bond donors (Lipinski definition) is 2. The molecule has 3 N–H and O–H groups in total. The molecule has 0 aromatic rings. The van der Waals surface area contributed by atoms with Crippen LogP contribution in [0.15, 0.2) is 0 Å². The third-order valence-electron chi connectivity index (χ3n) is 5.96. The second kappa shape index (κ2) is 5.71. The summed E-state index contributed by atoms with van der Waals surface area (Å²) in [6.07, 6.45) is 5.71. The lowest BCUT2D eigenvalue weighted by molar-refractivity contribution is -0.225. The highest BCUT2D eigenvalue weighted by Gasteiger charge is 2.70. The number of hydrogen-bond acceptors (Lipinski definition) is 3. The Balaban J connectivity index is 0.00000161. The van der Waals surface area contributed by atoms with Crippen LogP contribution in [-0.4, -0.2) is 30.2 Å². The van der Waals surface area contributed by atoms with Gasteiger partial charge in [0.25, 0.3) is 0 Å². The van der Waals surface area contributed by atoms with Gasteiger partial charge in [-0.25, -0.2) is 0 Å². The van der Waals surface area contributed by atoms with Gasteiger partial charge in [0, 0.05) is 24.0 Å². The second-order valence-electron chi connectivity index (χ2n) is 7.50. The highest BCUT2D eigenvalue weighted by Crippen LogP contribution is 2.57. The number of fused-ring (bicyclic) bond motifs is 1. The van der Waals surface area contributed by atoms with Crippen LogP contribution in [0, 0.1) is 17.3 Å². The SMILES string of the molecule is CCCC1CC1NC(=O)C1(N)C2CCCOC2C1(C)C.Cl. The zero-order chi connectivity index (χ0) is 14.5. The number of halogens is 1. The fourth-order valence-electron chi connectivity index (χ4n) is 4.44. The topological polar surface area (TPSA) is 64.4 Å². The van der Waals surface area contributed by atoms with Crippen molar-refractivity contribution in [2.24, 2.45) is 23.0 Å². The van der Waals surface area contributed by atoms with E-state index in [-0.39, 0.29) is 35.8 Å². The number of rotatable bonds is 4. The van der Waals surface area contributed by atoms with E-state index >= 15 is 0 Å². The summed E-state index contributed by atoms with van der Waals surface area (Å²) in [7, 11) is 0. The Morgan fingerprint density at radius 1 is 1.43 bits per heavy atom. The van der Waals surface area contributed by atoms with Gasteiger partial charge >= 0.3 is 0 Å². The van der Waals surface area contributed by atoms with Gasteiger partial charge < -0.3 is 15.8 Å². The minimum Gasteiger partial charge on any atom is -0.377 e. The van der Waals surface area contributed by atoms with Gasteiger partial charge in [0.2, 0.25) is 5.91 Å². The Bertz CT molecular complexity index is 415. The summed E-state index contributed by atoms with van der Waals surface area (Å²) < 4.78 is 5.86. The van der Waals surface area contributed by atoms with Crippen molar-refractivity contribution in [1.82, 2.24) is 5.32 Å². The van der Waals surface area contributed by atoms with Crippen LogP contribution in [0.5, 0.6) is 0 Å². The molecule has 0 bridgehead atoms. The van der Waals surface area contributed by atoms with E-state index in [0.717, 1.165) is 25.9 Å². The van der Waals surface area contributed by atoms with E-state index in [1.807, 2.05) is 0 Å². The van der Waals surface area contributed by atoms with Crippen molar-refractivity contribution in [1.29, 1.82) is 0 Å². The average Bonchev–Trinajstić information content (AvgIpc) is 3.16. The third-order valence-corrected chi connectivity index (χ3v) is 5.96. The molecule has 0 aromatic heterocycles. The van der Waals surface area contributed by atoms with Gasteiger partial charge in [-0.15, -0.1) is 12.4 Å². The molecule has 122 valence electrons. The van der Waals surface area contributed by atoms with Crippen molar-refractivity contribution in [2.45, 2.75) is 70.6 Å². The maximum atomic E-state index is 12.7. The highest BCUT2D eigenvalue weighted by molar-refractivity contribution is 5.90. The largest absolute Gasteiger partial charge is 0.377 e. The molecule has 4 nitrogen and oxygen atoms in total. The van der Waals surface area contributed by atoms with Crippen LogP contribution in [0.4, 0.5) is 0 Å². The predicted octanol–water partition coefficient (Wildman–Crippen LogP) is 2.25. The number of carbonyl (C=O) groups is 1. The highest BCUT2D eigenvalue weighted by atomic mass is 35.5. The molecular formula is C16H29ClN2O2. The number of ether oxygens (including phenoxy) is 1. The standard InChI is InChI=1S/C16H28N2O2.ClH/c1-4-6-10-9-12(10)18-14(19)16(17)11-7-5-8-20-13(11)15(16,2)3;/h10-13H,4-9,17H2,1-3H3,(H,18,19);1H. The van der Waals surface area contributed by atoms with Crippen molar-refractivity contribution < 1.29 is 9.53 Å². The van der Waals surface area contributed by atoms with E-state index in [9.17, 15) is 4.79 Å². The van der Waals surface area contributed by atoms with Crippen molar-refractivity contribution >= 4 is 18.3 Å². The molecule has 3 rings (SSSR count). The summed E-state index contributed by atoms with van der Waals surface area (Å²) in [6.45, 7) is 7.16. The lowest BCUT2D eigenvalue weighted by Gasteiger charge is -2.65. The van der Waals surface area contributed by atoms with Crippen LogP contribution in [0.1, 0.15) is 52.9 Å². The molecule has 1 aliphatic heterocycles. The van der Waals surface area contributed by atoms with Crippen LogP contribution in [0.3, 0.4) is 0 Å². The van der Waals surface area contributed by atoms with Crippen LogP contribution in [0.2, 0.25) is 0 Å². The molecule has 1 amide bonds. The molecule has 1 saturated heterocycles. The fraction of sp³-hybridized carbons (Fsp3) is 0.938. The number of amides is 1. The lowest BCUT2D eigenvalue weighted by Crippen LogP contribution is -2.82. The first-order valence-electron chi connectivity index (χ1n) is 8.14. The minimum absolute atomic E-state index is 0. The molecule has 3 aliphatic rings. The van der Waals surface area contributed by atoms with Crippen molar-refractivity contribution in [3.05, 3.63) is 0 Å². The Hall–Kier alpha value is -0.320. The molecule has 3 fully saturated rings. The number of carbonyl (C=O) groups excluding carboxylic acids is 1. The van der Waals surface area contributed by atoms with Crippen molar-refractivity contribution in [2.75, 3.05) is 6.61 Å². The van der Waals surface area contributed by atoms with Crippen LogP contribution < -0.4 is 11.1 Å². The molecule has 2 aliphatic carbocycles. The molecule has 0 aromatic carbocycles. The van der Waals surface area contributed by atoms with Gasteiger partial charge in [-0.2, -0.15) is 0 Å². The summed E-state index contributed by atoms with van der Waals surface area (Å²) in [4.78, 5) is 12.7. The molecule has 5 unspecified atom stereocenters. The summed E-state index contributed by atoms with van der Waals surface area (Å²) in [5.74, 6) is 0.918. The quantitative estimate of drug-likeness (QED) is 0.836. The van der Waals surface area contributed by atoms with Crippen LogP contribution in [0.25, 0.3) is 0 Å². The van der Waals surface area contributed by atoms with Gasteiger partial charge in [0.1, 0.15) is 5.54 Å². The molecular weight excluding hydrogens is 288 g/mol. The average molecular weight is 317 g/mol. The Kier molecular flexibility index (Phi) is 4.63. The molecule has 5 heteroatoms. The molecule has 21 heavy (non-hydrogen) atoms. The maximum Gasteiger partial charge on any atom is 0.241 e. The zero-order valence-corrected chi connectivity index (χ0v) is 14.2. The maximum absolute atomic E-state index is 12.7. The summed E-state index contributed by atoms with van der Waals surface area (Å²) in [6, 6.07) is 0.363. The first kappa shape index (κ1) is 17.0. The molecule has 0 spiro atoms. The van der Waals surface area contributed by atoms with Crippen LogP contribution >= 0.6 is 12.4 Å². The van der Waals surface area contributed by atoms with Gasteiger partial charge in [-0.1, -0.05) is 27.2 Å². The zero-order valence-electron chi connectivity index (χ0n) is 13.4. The van der Waals surface area contributed by atoms with Crippen molar-refractivity contribution in [3.63, 3.8) is 0 Å². The van der Waals surface area contributed by atoms with Crippen LogP contribution in [-0.2, 0) is 9.53 Å². The monoisotopic (exact) mass is 316 g/mol. The fourth-order valence-corrected chi connectivity index (χ4v) is 4.44. The lowest BCUT2D eigenvalue weighted by atomic mass is 9.46. The van der Waals surface area contributed by atoms with E-state index in [2.05, 4.69) is 26.1 Å². The first-order valence-corrected chi connectivity index (χ1v) is 8.14. The summed E-state index contributed by atoms with van der Waals surface area (Å²) >= 11 is 0. The minimum atomic E-state index is -0.753.